The van der Waals surface area contributed by atoms with E-state index in [2.05, 4.69) is 5.32 Å². The van der Waals surface area contributed by atoms with Gasteiger partial charge in [-0.15, -0.1) is 12.4 Å². The first kappa shape index (κ1) is 15.9. The number of hydrogen-bond donors (Lipinski definition) is 2. The fourth-order valence-electron chi connectivity index (χ4n) is 2.08. The van der Waals surface area contributed by atoms with E-state index in [1.807, 2.05) is 4.90 Å². The molecule has 6 heteroatoms. The number of nitrogens with one attached hydrogen (secondary N) is 1. The zero-order valence-electron chi connectivity index (χ0n) is 10.9. The highest BCUT2D eigenvalue weighted by atomic mass is 35.5. The van der Waals surface area contributed by atoms with E-state index in [4.69, 9.17) is 5.73 Å². The largest absolute Gasteiger partial charge is 0.326 e. The fourth-order valence-corrected chi connectivity index (χ4v) is 2.08. The number of rotatable bonds is 3. The molecule has 1 saturated heterocycles. The lowest BCUT2D eigenvalue weighted by atomic mass is 10.2. The van der Waals surface area contributed by atoms with E-state index in [1.54, 1.807) is 19.1 Å². The van der Waals surface area contributed by atoms with Crippen LogP contribution in [0.4, 0.5) is 10.1 Å². The molecule has 0 radical (unpaired) electrons. The Balaban J connectivity index is 0.00000180. The molecule has 1 amide bonds. The quantitative estimate of drug-likeness (QED) is 0.886. The molecule has 2 rings (SSSR count). The molecule has 0 spiro atoms. The topological polar surface area (TPSA) is 58.4 Å². The lowest BCUT2D eigenvalue weighted by molar-refractivity contribution is -0.117. The Morgan fingerprint density at radius 1 is 1.58 bits per heavy atom. The SMILES string of the molecule is Cc1ccc(NC(=O)CN2CC[C@H](N)C2)cc1F.Cl. The van der Waals surface area contributed by atoms with E-state index in [0.29, 0.717) is 17.8 Å². The van der Waals surface area contributed by atoms with Crippen molar-refractivity contribution in [2.45, 2.75) is 19.4 Å². The monoisotopic (exact) mass is 287 g/mol. The van der Waals surface area contributed by atoms with Crippen molar-refractivity contribution in [1.29, 1.82) is 0 Å². The van der Waals surface area contributed by atoms with Gasteiger partial charge in [0.25, 0.3) is 0 Å². The van der Waals surface area contributed by atoms with Gasteiger partial charge in [0.1, 0.15) is 5.82 Å². The minimum Gasteiger partial charge on any atom is -0.326 e. The molecule has 0 unspecified atom stereocenters. The zero-order valence-corrected chi connectivity index (χ0v) is 11.7. The van der Waals surface area contributed by atoms with E-state index in [-0.39, 0.29) is 30.2 Å². The van der Waals surface area contributed by atoms with E-state index in [9.17, 15) is 9.18 Å². The molecule has 1 aromatic rings. The zero-order chi connectivity index (χ0) is 13.1. The second-order valence-electron chi connectivity index (χ2n) is 4.80. The lowest BCUT2D eigenvalue weighted by Crippen LogP contribution is -2.33. The van der Waals surface area contributed by atoms with E-state index >= 15 is 0 Å². The molecule has 0 bridgehead atoms. The maximum atomic E-state index is 13.3. The Bertz CT molecular complexity index is 456. The second-order valence-corrected chi connectivity index (χ2v) is 4.80. The number of carbonyl (C=O) groups is 1. The highest BCUT2D eigenvalue weighted by Gasteiger charge is 2.20. The van der Waals surface area contributed by atoms with Crippen molar-refractivity contribution < 1.29 is 9.18 Å². The van der Waals surface area contributed by atoms with Gasteiger partial charge in [0.15, 0.2) is 0 Å². The van der Waals surface area contributed by atoms with Gasteiger partial charge >= 0.3 is 0 Å². The predicted molar refractivity (Wildman–Crippen MR) is 76.0 cm³/mol. The number of nitrogens with two attached hydrogens (primary N) is 1. The summed E-state index contributed by atoms with van der Waals surface area (Å²) in [7, 11) is 0. The lowest BCUT2D eigenvalue weighted by Gasteiger charge is -2.14. The minimum atomic E-state index is -0.309. The number of amides is 1. The van der Waals surface area contributed by atoms with Crippen molar-refractivity contribution in [3.05, 3.63) is 29.6 Å². The Hall–Kier alpha value is -1.17. The smallest absolute Gasteiger partial charge is 0.238 e. The number of hydrogen-bond acceptors (Lipinski definition) is 3. The van der Waals surface area contributed by atoms with E-state index in [0.717, 1.165) is 19.5 Å². The van der Waals surface area contributed by atoms with Gasteiger partial charge in [0.2, 0.25) is 5.91 Å². The van der Waals surface area contributed by atoms with Gasteiger partial charge in [-0.2, -0.15) is 0 Å². The van der Waals surface area contributed by atoms with Crippen LogP contribution >= 0.6 is 12.4 Å². The number of halogens is 2. The third-order valence-corrected chi connectivity index (χ3v) is 3.13. The summed E-state index contributed by atoms with van der Waals surface area (Å²) in [4.78, 5) is 13.8. The number of aryl methyl sites for hydroxylation is 1. The van der Waals surface area contributed by atoms with Crippen LogP contribution < -0.4 is 11.1 Å². The van der Waals surface area contributed by atoms with Gasteiger partial charge in [-0.1, -0.05) is 6.07 Å². The van der Waals surface area contributed by atoms with Crippen molar-refractivity contribution in [2.24, 2.45) is 5.73 Å². The summed E-state index contributed by atoms with van der Waals surface area (Å²) in [6.45, 7) is 3.59. The Morgan fingerprint density at radius 3 is 2.89 bits per heavy atom. The first-order valence-corrected chi connectivity index (χ1v) is 6.08. The average molecular weight is 288 g/mol. The van der Waals surface area contributed by atoms with Crippen molar-refractivity contribution in [2.75, 3.05) is 25.0 Å². The summed E-state index contributed by atoms with van der Waals surface area (Å²) in [6, 6.07) is 4.85. The van der Waals surface area contributed by atoms with Crippen LogP contribution in [0.3, 0.4) is 0 Å². The van der Waals surface area contributed by atoms with Gasteiger partial charge in [0, 0.05) is 24.8 Å². The van der Waals surface area contributed by atoms with Crippen molar-refractivity contribution in [3.63, 3.8) is 0 Å². The van der Waals surface area contributed by atoms with Crippen LogP contribution in [0.15, 0.2) is 18.2 Å². The molecule has 1 atom stereocenters. The fraction of sp³-hybridized carbons (Fsp3) is 0.462. The number of carbonyl (C=O) groups excluding carboxylic acids is 1. The third kappa shape index (κ3) is 4.45. The molecule has 0 saturated carbocycles. The molecule has 1 aromatic carbocycles. The molecular formula is C13H19ClFN3O. The van der Waals surface area contributed by atoms with E-state index in [1.165, 1.54) is 6.07 Å². The maximum Gasteiger partial charge on any atom is 0.238 e. The van der Waals surface area contributed by atoms with Crippen LogP contribution in [0.2, 0.25) is 0 Å². The molecule has 0 aromatic heterocycles. The molecule has 4 nitrogen and oxygen atoms in total. The Morgan fingerprint density at radius 2 is 2.32 bits per heavy atom. The summed E-state index contributed by atoms with van der Waals surface area (Å²) in [5, 5.41) is 2.69. The summed E-state index contributed by atoms with van der Waals surface area (Å²) in [5.74, 6) is -0.441. The van der Waals surface area contributed by atoms with Crippen molar-refractivity contribution in [1.82, 2.24) is 4.90 Å². The van der Waals surface area contributed by atoms with Gasteiger partial charge in [-0.25, -0.2) is 4.39 Å². The Labute approximate surface area is 118 Å². The second kappa shape index (κ2) is 6.84. The summed E-state index contributed by atoms with van der Waals surface area (Å²) >= 11 is 0. The van der Waals surface area contributed by atoms with Crippen molar-refractivity contribution >= 4 is 24.0 Å². The highest BCUT2D eigenvalue weighted by molar-refractivity contribution is 5.92. The molecule has 1 aliphatic heterocycles. The van der Waals surface area contributed by atoms with Gasteiger partial charge in [-0.3, -0.25) is 9.69 Å². The number of likely N-dealkylation sites (tertiary alicyclic amines) is 1. The van der Waals surface area contributed by atoms with Gasteiger partial charge in [-0.05, 0) is 31.0 Å². The summed E-state index contributed by atoms with van der Waals surface area (Å²) < 4.78 is 13.3. The van der Waals surface area contributed by atoms with Gasteiger partial charge in [0.05, 0.1) is 6.54 Å². The van der Waals surface area contributed by atoms with Gasteiger partial charge < -0.3 is 11.1 Å². The van der Waals surface area contributed by atoms with Crippen molar-refractivity contribution in [3.8, 4) is 0 Å². The third-order valence-electron chi connectivity index (χ3n) is 3.13. The average Bonchev–Trinajstić information content (AvgIpc) is 2.69. The molecule has 3 N–H and O–H groups in total. The Kier molecular flexibility index (Phi) is 5.72. The molecular weight excluding hydrogens is 269 g/mol. The molecule has 19 heavy (non-hydrogen) atoms. The normalized spacial score (nSPS) is 19.0. The first-order chi connectivity index (χ1) is 8.54. The van der Waals surface area contributed by atoms with Crippen LogP contribution in [0.25, 0.3) is 0 Å². The first-order valence-electron chi connectivity index (χ1n) is 6.08. The maximum absolute atomic E-state index is 13.3. The highest BCUT2D eigenvalue weighted by Crippen LogP contribution is 2.14. The number of nitrogens with zero attached hydrogens (tertiary/aromatic N) is 1. The summed E-state index contributed by atoms with van der Waals surface area (Å²) in [5.41, 5.74) is 6.83. The van der Waals surface area contributed by atoms with Crippen LogP contribution in [0.5, 0.6) is 0 Å². The van der Waals surface area contributed by atoms with Crippen LogP contribution in [-0.4, -0.2) is 36.5 Å². The molecule has 1 heterocycles. The van der Waals surface area contributed by atoms with Crippen LogP contribution in [0.1, 0.15) is 12.0 Å². The van der Waals surface area contributed by atoms with Crippen LogP contribution in [0, 0.1) is 12.7 Å². The predicted octanol–water partition coefficient (Wildman–Crippen LogP) is 1.53. The number of benzene rings is 1. The molecule has 0 aliphatic carbocycles. The standard InChI is InChI=1S/C13H18FN3O.ClH/c1-9-2-3-11(6-12(9)14)16-13(18)8-17-5-4-10(15)7-17;/h2-3,6,10H,4-5,7-8,15H2,1H3,(H,16,18);1H/t10-;/m0./s1. The minimum absolute atomic E-state index is 0. The van der Waals surface area contributed by atoms with E-state index < -0.39 is 0 Å². The summed E-state index contributed by atoms with van der Waals surface area (Å²) in [6.07, 6.45) is 0.923. The molecule has 1 fully saturated rings. The number of anilines is 1. The molecule has 1 aliphatic rings. The van der Waals surface area contributed by atoms with Crippen LogP contribution in [-0.2, 0) is 4.79 Å². The molecule has 106 valence electrons.